The van der Waals surface area contributed by atoms with Crippen LogP contribution < -0.4 is 4.72 Å². The molecule has 24 heavy (non-hydrogen) atoms. The predicted molar refractivity (Wildman–Crippen MR) is 91.7 cm³/mol. The minimum Gasteiger partial charge on any atom is -0.359 e. The van der Waals surface area contributed by atoms with Crippen LogP contribution in [-0.4, -0.2) is 18.3 Å². The number of nitrogens with zero attached hydrogens (tertiary/aromatic N) is 1. The Balaban J connectivity index is 2.06. The number of anilines is 1. The van der Waals surface area contributed by atoms with Gasteiger partial charge in [0, 0.05) is 28.4 Å². The Morgan fingerprint density at radius 3 is 2.58 bits per heavy atom. The third-order valence-corrected chi connectivity index (χ3v) is 5.24. The standard InChI is InChI=1S/C16H15N3O4S/c1-10-4-3-5-15(19(20)21)16(10)24(22,23)18-13-6-7-14-12(9-13)8-11(2)17-14/h3-9,17-18H,1-2H3. The lowest BCUT2D eigenvalue weighted by atomic mass is 10.2. The molecule has 1 heterocycles. The average Bonchev–Trinajstić information content (AvgIpc) is 2.85. The summed E-state index contributed by atoms with van der Waals surface area (Å²) in [6, 6.07) is 11.1. The average molecular weight is 345 g/mol. The molecule has 0 spiro atoms. The fourth-order valence-corrected chi connectivity index (χ4v) is 4.13. The van der Waals surface area contributed by atoms with Crippen LogP contribution in [0.1, 0.15) is 11.3 Å². The number of nitro groups is 1. The van der Waals surface area contributed by atoms with Gasteiger partial charge in [0.05, 0.1) is 4.92 Å². The Kier molecular flexibility index (Phi) is 3.76. The van der Waals surface area contributed by atoms with Crippen molar-refractivity contribution in [3.8, 4) is 0 Å². The third kappa shape index (κ3) is 2.83. The summed E-state index contributed by atoms with van der Waals surface area (Å²) in [5, 5.41) is 12.0. The van der Waals surface area contributed by atoms with Crippen molar-refractivity contribution in [2.75, 3.05) is 4.72 Å². The Bertz CT molecular complexity index is 1050. The molecular formula is C16H15N3O4S. The molecule has 7 nitrogen and oxygen atoms in total. The number of sulfonamides is 1. The van der Waals surface area contributed by atoms with Crippen LogP contribution in [0.5, 0.6) is 0 Å². The van der Waals surface area contributed by atoms with Gasteiger partial charge in [-0.2, -0.15) is 0 Å². The third-order valence-electron chi connectivity index (χ3n) is 3.66. The lowest BCUT2D eigenvalue weighted by Crippen LogP contribution is -2.16. The second-order valence-corrected chi connectivity index (χ2v) is 7.16. The largest absolute Gasteiger partial charge is 0.359 e. The van der Waals surface area contributed by atoms with Crippen LogP contribution in [0.15, 0.2) is 47.4 Å². The maximum absolute atomic E-state index is 12.7. The maximum Gasteiger partial charge on any atom is 0.290 e. The van der Waals surface area contributed by atoms with Crippen LogP contribution in [0.3, 0.4) is 0 Å². The van der Waals surface area contributed by atoms with Crippen LogP contribution in [0.2, 0.25) is 0 Å². The van der Waals surface area contributed by atoms with Crippen molar-refractivity contribution in [1.82, 2.24) is 4.98 Å². The molecule has 0 aliphatic carbocycles. The van der Waals surface area contributed by atoms with Gasteiger partial charge in [-0.3, -0.25) is 14.8 Å². The molecular weight excluding hydrogens is 330 g/mol. The zero-order chi connectivity index (χ0) is 17.5. The molecule has 124 valence electrons. The van der Waals surface area contributed by atoms with Crippen molar-refractivity contribution >= 4 is 32.3 Å². The number of hydrogen-bond donors (Lipinski definition) is 2. The van der Waals surface area contributed by atoms with Gasteiger partial charge in [-0.05, 0) is 43.7 Å². The normalized spacial score (nSPS) is 11.6. The number of aromatic amines is 1. The Morgan fingerprint density at radius 2 is 1.88 bits per heavy atom. The van der Waals surface area contributed by atoms with Crippen molar-refractivity contribution < 1.29 is 13.3 Å². The first-order valence-corrected chi connectivity index (χ1v) is 8.62. The molecule has 0 aliphatic heterocycles. The molecule has 0 radical (unpaired) electrons. The van der Waals surface area contributed by atoms with Gasteiger partial charge in [-0.1, -0.05) is 12.1 Å². The van der Waals surface area contributed by atoms with E-state index in [2.05, 4.69) is 9.71 Å². The molecule has 3 aromatic rings. The highest BCUT2D eigenvalue weighted by Crippen LogP contribution is 2.29. The van der Waals surface area contributed by atoms with Crippen molar-refractivity contribution in [3.63, 3.8) is 0 Å². The lowest BCUT2D eigenvalue weighted by molar-refractivity contribution is -0.387. The number of H-pyrrole nitrogens is 1. The second-order valence-electron chi connectivity index (χ2n) is 5.54. The summed E-state index contributed by atoms with van der Waals surface area (Å²) in [6.45, 7) is 3.43. The highest BCUT2D eigenvalue weighted by molar-refractivity contribution is 7.93. The number of rotatable bonds is 4. The molecule has 0 amide bonds. The molecule has 3 rings (SSSR count). The van der Waals surface area contributed by atoms with E-state index in [0.29, 0.717) is 11.3 Å². The highest BCUT2D eigenvalue weighted by atomic mass is 32.2. The zero-order valence-corrected chi connectivity index (χ0v) is 13.8. The van der Waals surface area contributed by atoms with Crippen LogP contribution in [0.25, 0.3) is 10.9 Å². The first kappa shape index (κ1) is 16.0. The van der Waals surface area contributed by atoms with Gasteiger partial charge >= 0.3 is 0 Å². The number of nitro benzene ring substituents is 1. The molecule has 0 unspecified atom stereocenters. The molecule has 0 fully saturated rings. The van der Waals surface area contributed by atoms with E-state index in [1.165, 1.54) is 25.1 Å². The van der Waals surface area contributed by atoms with E-state index >= 15 is 0 Å². The van der Waals surface area contributed by atoms with E-state index in [1.54, 1.807) is 18.2 Å². The van der Waals surface area contributed by atoms with Crippen molar-refractivity contribution in [3.05, 3.63) is 63.8 Å². The summed E-state index contributed by atoms with van der Waals surface area (Å²) in [6.07, 6.45) is 0. The number of benzene rings is 2. The fraction of sp³-hybridized carbons (Fsp3) is 0.125. The topological polar surface area (TPSA) is 105 Å². The van der Waals surface area contributed by atoms with Gasteiger partial charge in [-0.25, -0.2) is 8.42 Å². The summed E-state index contributed by atoms with van der Waals surface area (Å²) in [4.78, 5) is 13.3. The molecule has 0 bridgehead atoms. The van der Waals surface area contributed by atoms with E-state index < -0.39 is 20.6 Å². The van der Waals surface area contributed by atoms with Crippen LogP contribution in [0.4, 0.5) is 11.4 Å². The van der Waals surface area contributed by atoms with Crippen molar-refractivity contribution in [2.24, 2.45) is 0 Å². The summed E-state index contributed by atoms with van der Waals surface area (Å²) in [5.41, 5.74) is 2.06. The van der Waals surface area contributed by atoms with Crippen LogP contribution in [0, 0.1) is 24.0 Å². The molecule has 0 atom stereocenters. The Labute approximate surface area is 138 Å². The number of aromatic nitrogens is 1. The molecule has 0 aliphatic rings. The molecule has 1 aromatic heterocycles. The van der Waals surface area contributed by atoms with Crippen LogP contribution in [-0.2, 0) is 10.0 Å². The summed E-state index contributed by atoms with van der Waals surface area (Å²) >= 11 is 0. The summed E-state index contributed by atoms with van der Waals surface area (Å²) < 4.78 is 27.8. The SMILES string of the molecule is Cc1cc2cc(NS(=O)(=O)c3c(C)cccc3[N+](=O)[O-])ccc2[nH]1. The molecule has 2 aromatic carbocycles. The van der Waals surface area contributed by atoms with Gasteiger partial charge < -0.3 is 4.98 Å². The Hall–Kier alpha value is -2.87. The van der Waals surface area contributed by atoms with Gasteiger partial charge in [0.2, 0.25) is 0 Å². The maximum atomic E-state index is 12.7. The number of fused-ring (bicyclic) bond motifs is 1. The van der Waals surface area contributed by atoms with Gasteiger partial charge in [0.15, 0.2) is 4.90 Å². The van der Waals surface area contributed by atoms with E-state index in [1.807, 2.05) is 13.0 Å². The predicted octanol–water partition coefficient (Wildman–Crippen LogP) is 3.49. The second kappa shape index (κ2) is 5.64. The number of hydrogen-bond acceptors (Lipinski definition) is 4. The zero-order valence-electron chi connectivity index (χ0n) is 13.0. The Morgan fingerprint density at radius 1 is 1.12 bits per heavy atom. The fourth-order valence-electron chi connectivity index (χ4n) is 2.68. The van der Waals surface area contributed by atoms with E-state index in [-0.39, 0.29) is 4.90 Å². The van der Waals surface area contributed by atoms with E-state index in [0.717, 1.165) is 16.6 Å². The van der Waals surface area contributed by atoms with Crippen LogP contribution >= 0.6 is 0 Å². The van der Waals surface area contributed by atoms with Gasteiger partial charge in [0.1, 0.15) is 0 Å². The lowest BCUT2D eigenvalue weighted by Gasteiger charge is -2.10. The smallest absolute Gasteiger partial charge is 0.290 e. The van der Waals surface area contributed by atoms with Crippen molar-refractivity contribution in [2.45, 2.75) is 18.7 Å². The van der Waals surface area contributed by atoms with E-state index in [4.69, 9.17) is 0 Å². The molecule has 2 N–H and O–H groups in total. The summed E-state index contributed by atoms with van der Waals surface area (Å²) in [5.74, 6) is 0. The first-order valence-electron chi connectivity index (χ1n) is 7.14. The summed E-state index contributed by atoms with van der Waals surface area (Å²) in [7, 11) is -4.08. The number of nitrogens with one attached hydrogen (secondary N) is 2. The van der Waals surface area contributed by atoms with E-state index in [9.17, 15) is 18.5 Å². The number of aryl methyl sites for hydroxylation is 2. The minimum atomic E-state index is -4.08. The van der Waals surface area contributed by atoms with Gasteiger partial charge in [0.25, 0.3) is 15.7 Å². The van der Waals surface area contributed by atoms with Gasteiger partial charge in [-0.15, -0.1) is 0 Å². The molecule has 0 saturated heterocycles. The highest BCUT2D eigenvalue weighted by Gasteiger charge is 2.27. The quantitative estimate of drug-likeness (QED) is 0.557. The molecule has 0 saturated carbocycles. The van der Waals surface area contributed by atoms with Crippen molar-refractivity contribution in [1.29, 1.82) is 0 Å². The minimum absolute atomic E-state index is 0.315. The monoisotopic (exact) mass is 345 g/mol. The first-order chi connectivity index (χ1) is 11.3. The molecule has 8 heteroatoms.